The van der Waals surface area contributed by atoms with E-state index in [1.54, 1.807) is 6.07 Å². The molecule has 0 saturated heterocycles. The van der Waals surface area contributed by atoms with Crippen LogP contribution < -0.4 is 5.32 Å². The molecule has 0 unspecified atom stereocenters. The minimum Gasteiger partial charge on any atom is -0.452 e. The average molecular weight is 326 g/mol. The molecule has 0 aliphatic heterocycles. The molecule has 1 heterocycles. The Morgan fingerprint density at radius 2 is 1.83 bits per heavy atom. The van der Waals surface area contributed by atoms with Crippen molar-refractivity contribution in [2.45, 2.75) is 39.7 Å². The van der Waals surface area contributed by atoms with Crippen molar-refractivity contribution >= 4 is 11.9 Å². The van der Waals surface area contributed by atoms with Crippen molar-refractivity contribution in [1.29, 1.82) is 0 Å². The van der Waals surface area contributed by atoms with Gasteiger partial charge in [-0.15, -0.1) is 0 Å². The van der Waals surface area contributed by atoms with Gasteiger partial charge in [0.15, 0.2) is 6.61 Å². The predicted molar refractivity (Wildman–Crippen MR) is 91.4 cm³/mol. The van der Waals surface area contributed by atoms with E-state index >= 15 is 0 Å². The molecule has 1 aliphatic carbocycles. The molecule has 0 radical (unpaired) electrons. The highest BCUT2D eigenvalue weighted by atomic mass is 16.5. The van der Waals surface area contributed by atoms with Gasteiger partial charge in [-0.1, -0.05) is 17.7 Å². The predicted octanol–water partition coefficient (Wildman–Crippen LogP) is 2.84. The Labute approximate surface area is 141 Å². The van der Waals surface area contributed by atoms with Crippen LogP contribution in [0.5, 0.6) is 0 Å². The van der Waals surface area contributed by atoms with Crippen LogP contribution in [0.4, 0.5) is 0 Å². The number of aromatic nitrogens is 1. The van der Waals surface area contributed by atoms with Gasteiger partial charge in [0.1, 0.15) is 0 Å². The maximum absolute atomic E-state index is 12.3. The summed E-state index contributed by atoms with van der Waals surface area (Å²) in [7, 11) is 0. The fourth-order valence-corrected chi connectivity index (χ4v) is 2.77. The largest absolute Gasteiger partial charge is 0.452 e. The maximum Gasteiger partial charge on any atom is 0.340 e. The summed E-state index contributed by atoms with van der Waals surface area (Å²) in [6.45, 7) is 5.63. The first-order chi connectivity index (χ1) is 11.5. The number of hydrogen-bond acceptors (Lipinski definition) is 3. The number of aryl methyl sites for hydroxylation is 2. The number of nitrogens with zero attached hydrogens (tertiary/aromatic N) is 1. The van der Waals surface area contributed by atoms with E-state index in [0.717, 1.165) is 29.9 Å². The highest BCUT2D eigenvalue weighted by Crippen LogP contribution is 2.22. The monoisotopic (exact) mass is 326 g/mol. The summed E-state index contributed by atoms with van der Waals surface area (Å²) < 4.78 is 7.17. The Balaban J connectivity index is 1.73. The molecule has 126 valence electrons. The summed E-state index contributed by atoms with van der Waals surface area (Å²) in [5, 5.41) is 2.80. The van der Waals surface area contributed by atoms with Crippen LogP contribution in [0.3, 0.4) is 0 Å². The minimum absolute atomic E-state index is 0.233. The normalized spacial score (nSPS) is 13.6. The van der Waals surface area contributed by atoms with E-state index in [0.29, 0.717) is 5.56 Å². The van der Waals surface area contributed by atoms with Gasteiger partial charge in [-0.3, -0.25) is 4.79 Å². The van der Waals surface area contributed by atoms with Crippen LogP contribution in [0.25, 0.3) is 5.69 Å². The van der Waals surface area contributed by atoms with Crippen molar-refractivity contribution in [2.75, 3.05) is 6.61 Å². The SMILES string of the molecule is Cc1ccc(-n2c(C)cc(C(=O)OCC(=O)NC3CC3)c2C)cc1. The Morgan fingerprint density at radius 3 is 2.46 bits per heavy atom. The van der Waals surface area contributed by atoms with Gasteiger partial charge in [-0.25, -0.2) is 4.79 Å². The number of rotatable bonds is 5. The second kappa shape index (κ2) is 6.51. The molecule has 1 aromatic carbocycles. The zero-order valence-corrected chi connectivity index (χ0v) is 14.3. The third-order valence-corrected chi connectivity index (χ3v) is 4.22. The standard InChI is InChI=1S/C19H22N2O3/c1-12-4-8-16(9-5-12)21-13(2)10-17(14(21)3)19(23)24-11-18(22)20-15-6-7-15/h4-5,8-10,15H,6-7,11H2,1-3H3,(H,20,22). The summed E-state index contributed by atoms with van der Waals surface area (Å²) >= 11 is 0. The van der Waals surface area contributed by atoms with Crippen molar-refractivity contribution in [3.05, 3.63) is 52.8 Å². The number of nitrogens with one attached hydrogen (secondary N) is 1. The van der Waals surface area contributed by atoms with Crippen molar-refractivity contribution < 1.29 is 14.3 Å². The molecule has 1 amide bonds. The quantitative estimate of drug-likeness (QED) is 0.860. The van der Waals surface area contributed by atoms with Crippen molar-refractivity contribution in [3.8, 4) is 5.69 Å². The zero-order valence-electron chi connectivity index (χ0n) is 14.3. The summed E-state index contributed by atoms with van der Waals surface area (Å²) in [6, 6.07) is 10.2. The lowest BCUT2D eigenvalue weighted by Gasteiger charge is -2.10. The maximum atomic E-state index is 12.3. The number of esters is 1. The molecule has 1 aliphatic rings. The van der Waals surface area contributed by atoms with Crippen LogP contribution in [-0.2, 0) is 9.53 Å². The van der Waals surface area contributed by atoms with E-state index in [-0.39, 0.29) is 18.6 Å². The fourth-order valence-electron chi connectivity index (χ4n) is 2.77. The number of carbonyl (C=O) groups excluding carboxylic acids is 2. The van der Waals surface area contributed by atoms with Crippen molar-refractivity contribution in [1.82, 2.24) is 9.88 Å². The third-order valence-electron chi connectivity index (χ3n) is 4.22. The van der Waals surface area contributed by atoms with E-state index < -0.39 is 5.97 Å². The van der Waals surface area contributed by atoms with Crippen LogP contribution in [0.1, 0.15) is 40.2 Å². The van der Waals surface area contributed by atoms with Crippen LogP contribution >= 0.6 is 0 Å². The Morgan fingerprint density at radius 1 is 1.17 bits per heavy atom. The van der Waals surface area contributed by atoms with E-state index in [4.69, 9.17) is 4.74 Å². The van der Waals surface area contributed by atoms with Crippen LogP contribution in [-0.4, -0.2) is 29.1 Å². The van der Waals surface area contributed by atoms with E-state index in [1.165, 1.54) is 5.56 Å². The first-order valence-corrected chi connectivity index (χ1v) is 8.18. The fraction of sp³-hybridized carbons (Fsp3) is 0.368. The molecule has 1 fully saturated rings. The van der Waals surface area contributed by atoms with Gasteiger partial charge in [0.05, 0.1) is 5.56 Å². The second-order valence-electron chi connectivity index (χ2n) is 6.37. The number of benzene rings is 1. The summed E-state index contributed by atoms with van der Waals surface area (Å²) in [6.07, 6.45) is 2.02. The first-order valence-electron chi connectivity index (χ1n) is 8.18. The lowest BCUT2D eigenvalue weighted by molar-refractivity contribution is -0.124. The highest BCUT2D eigenvalue weighted by molar-refractivity contribution is 5.93. The smallest absolute Gasteiger partial charge is 0.340 e. The lowest BCUT2D eigenvalue weighted by Crippen LogP contribution is -2.30. The molecule has 24 heavy (non-hydrogen) atoms. The first kappa shape index (κ1) is 16.3. The topological polar surface area (TPSA) is 60.3 Å². The van der Waals surface area contributed by atoms with Gasteiger partial charge < -0.3 is 14.6 Å². The molecule has 1 saturated carbocycles. The molecule has 0 spiro atoms. The Kier molecular flexibility index (Phi) is 4.42. The summed E-state index contributed by atoms with van der Waals surface area (Å²) in [5.41, 5.74) is 4.44. The Hall–Kier alpha value is -2.56. The molecular weight excluding hydrogens is 304 g/mol. The lowest BCUT2D eigenvalue weighted by atomic mass is 10.2. The summed E-state index contributed by atoms with van der Waals surface area (Å²) in [4.78, 5) is 24.0. The average Bonchev–Trinajstić information content (AvgIpc) is 3.30. The van der Waals surface area contributed by atoms with E-state index in [1.807, 2.05) is 49.6 Å². The molecule has 3 rings (SSSR count). The Bertz CT molecular complexity index is 771. The van der Waals surface area contributed by atoms with Crippen molar-refractivity contribution in [2.24, 2.45) is 0 Å². The minimum atomic E-state index is -0.465. The number of carbonyl (C=O) groups is 2. The van der Waals surface area contributed by atoms with Gasteiger partial charge in [-0.2, -0.15) is 0 Å². The van der Waals surface area contributed by atoms with Gasteiger partial charge in [-0.05, 0) is 51.8 Å². The second-order valence-corrected chi connectivity index (χ2v) is 6.37. The van der Waals surface area contributed by atoms with Crippen LogP contribution in [0.2, 0.25) is 0 Å². The molecule has 0 atom stereocenters. The van der Waals surface area contributed by atoms with Crippen LogP contribution in [0.15, 0.2) is 30.3 Å². The van der Waals surface area contributed by atoms with E-state index in [9.17, 15) is 9.59 Å². The number of hydrogen-bond donors (Lipinski definition) is 1. The van der Waals surface area contributed by atoms with Crippen molar-refractivity contribution in [3.63, 3.8) is 0 Å². The van der Waals surface area contributed by atoms with Crippen LogP contribution in [0, 0.1) is 20.8 Å². The number of ether oxygens (including phenoxy) is 1. The van der Waals surface area contributed by atoms with Gasteiger partial charge in [0.25, 0.3) is 5.91 Å². The summed E-state index contributed by atoms with van der Waals surface area (Å²) in [5.74, 6) is -0.703. The zero-order chi connectivity index (χ0) is 17.3. The van der Waals surface area contributed by atoms with Gasteiger partial charge in [0, 0.05) is 23.1 Å². The van der Waals surface area contributed by atoms with Gasteiger partial charge in [0.2, 0.25) is 0 Å². The van der Waals surface area contributed by atoms with Gasteiger partial charge >= 0.3 is 5.97 Å². The molecular formula is C19H22N2O3. The highest BCUT2D eigenvalue weighted by Gasteiger charge is 2.24. The third kappa shape index (κ3) is 3.50. The number of amides is 1. The molecule has 5 heteroatoms. The molecule has 5 nitrogen and oxygen atoms in total. The van der Waals surface area contributed by atoms with E-state index in [2.05, 4.69) is 5.32 Å². The molecule has 1 aromatic heterocycles. The molecule has 0 bridgehead atoms. The molecule has 2 aromatic rings. The molecule has 1 N–H and O–H groups in total.